The summed E-state index contributed by atoms with van der Waals surface area (Å²) < 4.78 is 0. The predicted molar refractivity (Wildman–Crippen MR) is 94.6 cm³/mol. The number of aliphatic carboxylic acids is 1. The fourth-order valence-electron chi connectivity index (χ4n) is 2.73. The van der Waals surface area contributed by atoms with Gasteiger partial charge in [0.1, 0.15) is 0 Å². The largest absolute Gasteiger partial charge is 0.478 e. The van der Waals surface area contributed by atoms with Crippen LogP contribution in [0.1, 0.15) is 63.0 Å². The number of hydrogen-bond donors (Lipinski definition) is 1. The van der Waals surface area contributed by atoms with Gasteiger partial charge in [-0.05, 0) is 48.1 Å². The molecule has 0 radical (unpaired) electrons. The van der Waals surface area contributed by atoms with Crippen LogP contribution in [0.4, 0.5) is 5.69 Å². The fourth-order valence-corrected chi connectivity index (χ4v) is 2.73. The van der Waals surface area contributed by atoms with Gasteiger partial charge in [0, 0.05) is 25.9 Å². The summed E-state index contributed by atoms with van der Waals surface area (Å²) in [6.07, 6.45) is 8.89. The third kappa shape index (κ3) is 5.55. The molecule has 1 atom stereocenters. The smallest absolute Gasteiger partial charge is 0.328 e. The molecule has 0 bridgehead atoms. The van der Waals surface area contributed by atoms with Crippen molar-refractivity contribution in [2.75, 3.05) is 19.0 Å². The van der Waals surface area contributed by atoms with E-state index < -0.39 is 5.97 Å². The van der Waals surface area contributed by atoms with Gasteiger partial charge in [-0.3, -0.25) is 0 Å². The van der Waals surface area contributed by atoms with Crippen LogP contribution < -0.4 is 4.90 Å². The third-order valence-corrected chi connectivity index (χ3v) is 4.08. The molecule has 0 aliphatic carbocycles. The van der Waals surface area contributed by atoms with Gasteiger partial charge in [0.05, 0.1) is 0 Å². The maximum atomic E-state index is 10.8. The van der Waals surface area contributed by atoms with Gasteiger partial charge in [-0.25, -0.2) is 4.79 Å². The van der Waals surface area contributed by atoms with E-state index in [4.69, 9.17) is 5.11 Å². The summed E-state index contributed by atoms with van der Waals surface area (Å²) in [7, 11) is 4.06. The number of carbonyl (C=O) groups is 1. The maximum Gasteiger partial charge on any atom is 0.328 e. The highest BCUT2D eigenvalue weighted by Crippen LogP contribution is 2.32. The summed E-state index contributed by atoms with van der Waals surface area (Å²) in [6, 6.07) is 6.29. The van der Waals surface area contributed by atoms with Crippen LogP contribution in [0.3, 0.4) is 0 Å². The number of unbranched alkanes of at least 4 members (excludes halogenated alkanes) is 2. The molecule has 0 amide bonds. The Morgan fingerprint density at radius 1 is 1.27 bits per heavy atom. The van der Waals surface area contributed by atoms with Crippen molar-refractivity contribution in [2.45, 2.75) is 51.9 Å². The number of hydrogen-bond acceptors (Lipinski definition) is 2. The van der Waals surface area contributed by atoms with Gasteiger partial charge in [0.2, 0.25) is 0 Å². The quantitative estimate of drug-likeness (QED) is 0.520. The second kappa shape index (κ2) is 9.29. The first-order valence-corrected chi connectivity index (χ1v) is 8.21. The van der Waals surface area contributed by atoms with E-state index in [0.717, 1.165) is 24.1 Å². The molecule has 1 N–H and O–H groups in total. The molecule has 1 aromatic carbocycles. The van der Waals surface area contributed by atoms with Gasteiger partial charge >= 0.3 is 5.97 Å². The molecule has 1 unspecified atom stereocenters. The Balaban J connectivity index is 3.13. The molecule has 0 saturated heterocycles. The van der Waals surface area contributed by atoms with Crippen molar-refractivity contribution in [1.82, 2.24) is 0 Å². The Bertz CT molecular complexity index is 506. The molecule has 0 aliphatic heterocycles. The number of carboxylic acid groups (broad SMARTS) is 1. The molecule has 0 aliphatic rings. The lowest BCUT2D eigenvalue weighted by atomic mass is 9.87. The normalized spacial score (nSPS) is 12.5. The number of benzene rings is 1. The van der Waals surface area contributed by atoms with Crippen LogP contribution in [0.5, 0.6) is 0 Å². The molecule has 0 fully saturated rings. The third-order valence-electron chi connectivity index (χ3n) is 4.08. The van der Waals surface area contributed by atoms with Crippen molar-refractivity contribution in [3.05, 3.63) is 35.4 Å². The topological polar surface area (TPSA) is 40.5 Å². The van der Waals surface area contributed by atoms with E-state index in [1.165, 1.54) is 30.9 Å². The second-order valence-corrected chi connectivity index (χ2v) is 5.98. The zero-order valence-electron chi connectivity index (χ0n) is 14.3. The summed E-state index contributed by atoms with van der Waals surface area (Å²) in [5.41, 5.74) is 3.45. The Morgan fingerprint density at radius 3 is 2.55 bits per heavy atom. The molecule has 3 heteroatoms. The van der Waals surface area contributed by atoms with Crippen molar-refractivity contribution >= 4 is 17.7 Å². The summed E-state index contributed by atoms with van der Waals surface area (Å²) >= 11 is 0. The number of nitrogens with zero attached hydrogens (tertiary/aromatic N) is 1. The minimum Gasteiger partial charge on any atom is -0.478 e. The Kier molecular flexibility index (Phi) is 7.72. The minimum absolute atomic E-state index is 0.486. The fraction of sp³-hybridized carbons (Fsp3) is 0.526. The van der Waals surface area contributed by atoms with Crippen LogP contribution in [-0.4, -0.2) is 25.2 Å². The summed E-state index contributed by atoms with van der Waals surface area (Å²) in [6.45, 7) is 4.43. The van der Waals surface area contributed by atoms with Crippen LogP contribution in [0.2, 0.25) is 0 Å². The zero-order valence-corrected chi connectivity index (χ0v) is 14.3. The summed E-state index contributed by atoms with van der Waals surface area (Å²) in [4.78, 5) is 12.9. The standard InChI is InChI=1S/C19H29NO2/c1-5-7-8-9-15(6-2)18-14-17(20(3)4)12-10-16(18)11-13-19(21)22/h10-15H,5-9H2,1-4H3,(H,21,22)/b13-11+. The summed E-state index contributed by atoms with van der Waals surface area (Å²) in [5, 5.41) is 8.88. The zero-order chi connectivity index (χ0) is 16.5. The van der Waals surface area contributed by atoms with E-state index in [9.17, 15) is 4.79 Å². The highest BCUT2D eigenvalue weighted by atomic mass is 16.4. The average molecular weight is 303 g/mol. The van der Waals surface area contributed by atoms with Crippen LogP contribution in [0.15, 0.2) is 24.3 Å². The Morgan fingerprint density at radius 2 is 2.00 bits per heavy atom. The van der Waals surface area contributed by atoms with Gasteiger partial charge in [-0.2, -0.15) is 0 Å². The lowest BCUT2D eigenvalue weighted by Gasteiger charge is -2.21. The van der Waals surface area contributed by atoms with E-state index in [1.807, 2.05) is 26.2 Å². The number of anilines is 1. The second-order valence-electron chi connectivity index (χ2n) is 5.98. The van der Waals surface area contributed by atoms with Crippen molar-refractivity contribution in [3.63, 3.8) is 0 Å². The first kappa shape index (κ1) is 18.3. The molecule has 0 spiro atoms. The van der Waals surface area contributed by atoms with Gasteiger partial charge in [-0.1, -0.05) is 39.2 Å². The Labute approximate surface area is 134 Å². The van der Waals surface area contributed by atoms with Crippen LogP contribution in [0.25, 0.3) is 6.08 Å². The van der Waals surface area contributed by atoms with E-state index in [0.29, 0.717) is 5.92 Å². The van der Waals surface area contributed by atoms with Gasteiger partial charge < -0.3 is 10.0 Å². The van der Waals surface area contributed by atoms with E-state index >= 15 is 0 Å². The molecule has 122 valence electrons. The first-order chi connectivity index (χ1) is 10.5. The van der Waals surface area contributed by atoms with Crippen molar-refractivity contribution in [2.24, 2.45) is 0 Å². The van der Waals surface area contributed by atoms with Crippen molar-refractivity contribution in [1.29, 1.82) is 0 Å². The van der Waals surface area contributed by atoms with E-state index in [-0.39, 0.29) is 0 Å². The molecule has 0 heterocycles. The highest BCUT2D eigenvalue weighted by molar-refractivity contribution is 5.85. The molecule has 3 nitrogen and oxygen atoms in total. The number of rotatable bonds is 9. The summed E-state index contributed by atoms with van der Waals surface area (Å²) in [5.74, 6) is -0.415. The molecule has 1 rings (SSSR count). The molecular formula is C19H29NO2. The highest BCUT2D eigenvalue weighted by Gasteiger charge is 2.14. The molecule has 1 aromatic rings. The van der Waals surface area contributed by atoms with Crippen LogP contribution >= 0.6 is 0 Å². The van der Waals surface area contributed by atoms with Gasteiger partial charge in [-0.15, -0.1) is 0 Å². The number of carboxylic acids is 1. The monoisotopic (exact) mass is 303 g/mol. The van der Waals surface area contributed by atoms with E-state index in [2.05, 4.69) is 24.8 Å². The predicted octanol–water partition coefficient (Wildman–Crippen LogP) is 4.92. The lowest BCUT2D eigenvalue weighted by molar-refractivity contribution is -0.131. The van der Waals surface area contributed by atoms with Crippen molar-refractivity contribution < 1.29 is 9.90 Å². The Hall–Kier alpha value is -1.77. The van der Waals surface area contributed by atoms with Gasteiger partial charge in [0.25, 0.3) is 0 Å². The molecule has 0 saturated carbocycles. The average Bonchev–Trinajstić information content (AvgIpc) is 2.49. The molecule has 22 heavy (non-hydrogen) atoms. The molecule has 0 aromatic heterocycles. The SMILES string of the molecule is CCCCCC(CC)c1cc(N(C)C)ccc1/C=C/C(=O)O. The van der Waals surface area contributed by atoms with Crippen LogP contribution in [0, 0.1) is 0 Å². The lowest BCUT2D eigenvalue weighted by Crippen LogP contribution is -2.10. The minimum atomic E-state index is -0.901. The molecular weight excluding hydrogens is 274 g/mol. The van der Waals surface area contributed by atoms with Crippen LogP contribution in [-0.2, 0) is 4.79 Å². The maximum absolute atomic E-state index is 10.8. The first-order valence-electron chi connectivity index (χ1n) is 8.21. The van der Waals surface area contributed by atoms with Gasteiger partial charge in [0.15, 0.2) is 0 Å². The van der Waals surface area contributed by atoms with E-state index in [1.54, 1.807) is 6.08 Å². The van der Waals surface area contributed by atoms with Crippen molar-refractivity contribution in [3.8, 4) is 0 Å².